The second-order valence-electron chi connectivity index (χ2n) is 8.47. The van der Waals surface area contributed by atoms with E-state index >= 15 is 0 Å². The fourth-order valence-corrected chi connectivity index (χ4v) is 4.26. The molecule has 1 aliphatic rings. The van der Waals surface area contributed by atoms with Crippen molar-refractivity contribution >= 4 is 16.8 Å². The first-order valence-electron chi connectivity index (χ1n) is 10.1. The molecule has 1 aliphatic carbocycles. The Hall–Kier alpha value is -2.73. The minimum atomic E-state index is -0.690. The van der Waals surface area contributed by atoms with Gasteiger partial charge in [0.2, 0.25) is 0 Å². The molecular weight excluding hydrogens is 369 g/mol. The van der Waals surface area contributed by atoms with Crippen LogP contribution in [0.2, 0.25) is 0 Å². The van der Waals surface area contributed by atoms with Crippen LogP contribution in [-0.4, -0.2) is 32.6 Å². The van der Waals surface area contributed by atoms with Crippen molar-refractivity contribution in [3.05, 3.63) is 54.1 Å². The predicted molar refractivity (Wildman–Crippen MR) is 111 cm³/mol. The van der Waals surface area contributed by atoms with E-state index in [1.807, 2.05) is 26.0 Å². The van der Waals surface area contributed by atoms with Gasteiger partial charge in [-0.05, 0) is 75.8 Å². The fraction of sp³-hybridized carbons (Fsp3) is 0.391. The van der Waals surface area contributed by atoms with Crippen LogP contribution < -0.4 is 5.32 Å². The molecule has 1 aromatic carbocycles. The molecule has 3 N–H and O–H groups in total. The van der Waals surface area contributed by atoms with Crippen LogP contribution in [0.1, 0.15) is 49.9 Å². The lowest BCUT2D eigenvalue weighted by molar-refractivity contribution is -0.00257. The Labute approximate surface area is 169 Å². The fourth-order valence-electron chi connectivity index (χ4n) is 4.26. The number of amides is 1. The number of hydrogen-bond donors (Lipinski definition) is 3. The van der Waals surface area contributed by atoms with Gasteiger partial charge in [-0.1, -0.05) is 0 Å². The molecule has 0 spiro atoms. The number of nitrogens with one attached hydrogen (secondary N) is 2. The number of nitrogens with zero attached hydrogens (tertiary/aromatic N) is 1. The number of carbonyl (C=O) groups excluding carboxylic acids is 1. The number of halogens is 1. The molecular formula is C23H26FN3O2. The number of carbonyl (C=O) groups is 1. The van der Waals surface area contributed by atoms with Crippen molar-refractivity contribution in [3.63, 3.8) is 0 Å². The maximum atomic E-state index is 14.8. The first-order valence-corrected chi connectivity index (χ1v) is 10.1. The van der Waals surface area contributed by atoms with Crippen LogP contribution in [0.5, 0.6) is 0 Å². The van der Waals surface area contributed by atoms with E-state index in [1.54, 1.807) is 24.5 Å². The van der Waals surface area contributed by atoms with Crippen LogP contribution in [0.25, 0.3) is 22.2 Å². The van der Waals surface area contributed by atoms with E-state index in [1.165, 1.54) is 6.07 Å². The van der Waals surface area contributed by atoms with Crippen LogP contribution in [0.3, 0.4) is 0 Å². The van der Waals surface area contributed by atoms with Crippen molar-refractivity contribution in [2.75, 3.05) is 0 Å². The van der Waals surface area contributed by atoms with Crippen LogP contribution in [0.4, 0.5) is 4.39 Å². The number of hydrogen-bond acceptors (Lipinski definition) is 3. The maximum Gasteiger partial charge on any atom is 0.251 e. The zero-order chi connectivity index (χ0) is 20.6. The summed E-state index contributed by atoms with van der Waals surface area (Å²) in [6.45, 7) is 3.67. The number of fused-ring (bicyclic) bond motifs is 1. The van der Waals surface area contributed by atoms with Gasteiger partial charge in [-0.15, -0.1) is 0 Å². The average Bonchev–Trinajstić information content (AvgIpc) is 3.16. The summed E-state index contributed by atoms with van der Waals surface area (Å²) in [5, 5.41) is 14.0. The summed E-state index contributed by atoms with van der Waals surface area (Å²) in [5.74, 6) is -0.490. The van der Waals surface area contributed by atoms with Gasteiger partial charge in [0.25, 0.3) is 5.91 Å². The van der Waals surface area contributed by atoms with Gasteiger partial charge in [0, 0.05) is 40.5 Å². The third-order valence-electron chi connectivity index (χ3n) is 6.03. The third-order valence-corrected chi connectivity index (χ3v) is 6.03. The molecule has 152 valence electrons. The van der Waals surface area contributed by atoms with E-state index in [0.717, 1.165) is 36.6 Å². The van der Waals surface area contributed by atoms with Crippen molar-refractivity contribution < 1.29 is 14.3 Å². The maximum absolute atomic E-state index is 14.8. The minimum absolute atomic E-state index is 0.0547. The van der Waals surface area contributed by atoms with Crippen molar-refractivity contribution in [2.24, 2.45) is 5.92 Å². The van der Waals surface area contributed by atoms with Crippen molar-refractivity contribution in [2.45, 2.75) is 51.2 Å². The van der Waals surface area contributed by atoms with E-state index in [-0.39, 0.29) is 17.9 Å². The standard InChI is InChI=1S/C23H26FN3O2/c1-23(2,29)15-4-6-16(7-5-15)27-22(28)14-3-8-17(19(24)13-14)21-18-9-11-25-20(18)10-12-26-21/h3,8-13,15-16,25,29H,4-7H2,1-2H3,(H,27,28)/t15-,16-. The first-order chi connectivity index (χ1) is 13.8. The summed E-state index contributed by atoms with van der Waals surface area (Å²) in [5.41, 5.74) is 1.43. The number of pyridine rings is 1. The topological polar surface area (TPSA) is 78.0 Å². The molecule has 0 aliphatic heterocycles. The van der Waals surface area contributed by atoms with Gasteiger partial charge in [0.1, 0.15) is 5.82 Å². The van der Waals surface area contributed by atoms with Gasteiger partial charge in [-0.3, -0.25) is 9.78 Å². The van der Waals surface area contributed by atoms with Crippen LogP contribution in [0, 0.1) is 11.7 Å². The van der Waals surface area contributed by atoms with Crippen LogP contribution >= 0.6 is 0 Å². The Kier molecular flexibility index (Phi) is 5.13. The molecule has 2 heterocycles. The van der Waals surface area contributed by atoms with Crippen molar-refractivity contribution in [1.29, 1.82) is 0 Å². The molecule has 3 aromatic rings. The van der Waals surface area contributed by atoms with Crippen LogP contribution in [0.15, 0.2) is 42.7 Å². The Balaban J connectivity index is 1.47. The molecule has 2 aromatic heterocycles. The van der Waals surface area contributed by atoms with Gasteiger partial charge in [-0.2, -0.15) is 0 Å². The first kappa shape index (κ1) is 19.6. The molecule has 29 heavy (non-hydrogen) atoms. The van der Waals surface area contributed by atoms with Gasteiger partial charge < -0.3 is 15.4 Å². The summed E-state index contributed by atoms with van der Waals surface area (Å²) in [6, 6.07) is 8.29. The van der Waals surface area contributed by atoms with E-state index in [4.69, 9.17) is 0 Å². The van der Waals surface area contributed by atoms with E-state index in [2.05, 4.69) is 15.3 Å². The monoisotopic (exact) mass is 395 g/mol. The SMILES string of the molecule is CC(C)(O)[C@H]1CC[C@H](NC(=O)c2ccc(-c3nccc4[nH]ccc34)c(F)c2)CC1. The molecule has 1 saturated carbocycles. The zero-order valence-electron chi connectivity index (χ0n) is 16.7. The number of aromatic amines is 1. The smallest absolute Gasteiger partial charge is 0.251 e. The van der Waals surface area contributed by atoms with Gasteiger partial charge in [-0.25, -0.2) is 4.39 Å². The number of H-pyrrole nitrogens is 1. The number of benzene rings is 1. The Morgan fingerprint density at radius 3 is 2.66 bits per heavy atom. The van der Waals surface area contributed by atoms with Gasteiger partial charge in [0.15, 0.2) is 0 Å². The number of aliphatic hydroxyl groups is 1. The quantitative estimate of drug-likeness (QED) is 0.612. The van der Waals surface area contributed by atoms with Crippen molar-refractivity contribution in [1.82, 2.24) is 15.3 Å². The molecule has 0 atom stereocenters. The summed E-state index contributed by atoms with van der Waals surface area (Å²) >= 11 is 0. The van der Waals surface area contributed by atoms with E-state index in [0.29, 0.717) is 16.8 Å². The average molecular weight is 395 g/mol. The Morgan fingerprint density at radius 2 is 1.97 bits per heavy atom. The lowest BCUT2D eigenvalue weighted by Crippen LogP contribution is -2.41. The zero-order valence-corrected chi connectivity index (χ0v) is 16.7. The van der Waals surface area contributed by atoms with Crippen molar-refractivity contribution in [3.8, 4) is 11.3 Å². The van der Waals surface area contributed by atoms with Crippen LogP contribution in [-0.2, 0) is 0 Å². The second kappa shape index (κ2) is 7.59. The molecule has 0 saturated heterocycles. The third kappa shape index (κ3) is 4.03. The second-order valence-corrected chi connectivity index (χ2v) is 8.47. The Morgan fingerprint density at radius 1 is 1.21 bits per heavy atom. The lowest BCUT2D eigenvalue weighted by atomic mass is 9.77. The molecule has 0 bridgehead atoms. The predicted octanol–water partition coefficient (Wildman–Crippen LogP) is 4.43. The van der Waals surface area contributed by atoms with Gasteiger partial charge in [0.05, 0.1) is 11.3 Å². The molecule has 6 heteroatoms. The molecule has 4 rings (SSSR count). The summed E-state index contributed by atoms with van der Waals surface area (Å²) in [7, 11) is 0. The van der Waals surface area contributed by atoms with E-state index in [9.17, 15) is 14.3 Å². The molecule has 0 radical (unpaired) electrons. The summed E-state index contributed by atoms with van der Waals surface area (Å²) in [6.07, 6.45) is 6.81. The molecule has 1 amide bonds. The highest BCUT2D eigenvalue weighted by Gasteiger charge is 2.31. The number of aromatic nitrogens is 2. The van der Waals surface area contributed by atoms with Gasteiger partial charge >= 0.3 is 0 Å². The van der Waals surface area contributed by atoms with E-state index < -0.39 is 11.4 Å². The summed E-state index contributed by atoms with van der Waals surface area (Å²) < 4.78 is 14.8. The summed E-state index contributed by atoms with van der Waals surface area (Å²) in [4.78, 5) is 20.0. The molecule has 1 fully saturated rings. The highest BCUT2D eigenvalue weighted by Crippen LogP contribution is 2.33. The molecule has 0 unspecified atom stereocenters. The highest BCUT2D eigenvalue weighted by atomic mass is 19.1. The largest absolute Gasteiger partial charge is 0.390 e. The molecule has 5 nitrogen and oxygen atoms in total. The minimum Gasteiger partial charge on any atom is -0.390 e. The normalized spacial score (nSPS) is 20.0. The lowest BCUT2D eigenvalue weighted by Gasteiger charge is -2.36. The Bertz CT molecular complexity index is 1030. The highest BCUT2D eigenvalue weighted by molar-refractivity contribution is 5.96. The number of rotatable bonds is 4.